The molecule has 1 aliphatic rings. The van der Waals surface area contributed by atoms with Crippen LogP contribution in [0.15, 0.2) is 18.2 Å². The highest BCUT2D eigenvalue weighted by Gasteiger charge is 2.27. The summed E-state index contributed by atoms with van der Waals surface area (Å²) in [6.45, 7) is 3.00. The summed E-state index contributed by atoms with van der Waals surface area (Å²) in [6, 6.07) is 4.17. The number of benzene rings is 1. The maximum Gasteiger partial charge on any atom is 0.190 e. The highest BCUT2D eigenvalue weighted by atomic mass is 19.1. The summed E-state index contributed by atoms with van der Waals surface area (Å²) in [5.74, 6) is -0.825. The fourth-order valence-electron chi connectivity index (χ4n) is 1.82. The van der Waals surface area contributed by atoms with Crippen LogP contribution in [0.1, 0.15) is 19.8 Å². The van der Waals surface area contributed by atoms with Crippen LogP contribution in [0.2, 0.25) is 0 Å². The second-order valence-corrected chi connectivity index (χ2v) is 4.48. The van der Waals surface area contributed by atoms with Crippen molar-refractivity contribution in [1.29, 1.82) is 0 Å². The van der Waals surface area contributed by atoms with E-state index in [1.165, 1.54) is 31.0 Å². The molecule has 1 aromatic rings. The Morgan fingerprint density at radius 3 is 2.59 bits per heavy atom. The van der Waals surface area contributed by atoms with Crippen LogP contribution in [0.5, 0.6) is 5.75 Å². The maximum atomic E-state index is 13.2. The highest BCUT2D eigenvalue weighted by molar-refractivity contribution is 5.25. The summed E-state index contributed by atoms with van der Waals surface area (Å²) in [7, 11) is 0. The largest absolute Gasteiger partial charge is 0.486 e. The minimum Gasteiger partial charge on any atom is -0.486 e. The maximum absolute atomic E-state index is 13.2. The number of ether oxygens (including phenoxy) is 1. The van der Waals surface area contributed by atoms with Gasteiger partial charge >= 0.3 is 0 Å². The summed E-state index contributed by atoms with van der Waals surface area (Å²) in [5, 5.41) is 3.28. The smallest absolute Gasteiger partial charge is 0.190 e. The molecule has 1 aliphatic carbocycles. The van der Waals surface area contributed by atoms with Crippen LogP contribution in [-0.2, 0) is 0 Å². The Balaban J connectivity index is 1.74. The molecule has 0 bridgehead atoms. The zero-order valence-corrected chi connectivity index (χ0v) is 9.88. The number of para-hydroxylation sites is 1. The molecule has 0 heterocycles. The van der Waals surface area contributed by atoms with Gasteiger partial charge in [0.15, 0.2) is 17.4 Å². The molecule has 1 atom stereocenters. The first kappa shape index (κ1) is 12.3. The highest BCUT2D eigenvalue weighted by Crippen LogP contribution is 2.32. The summed E-state index contributed by atoms with van der Waals surface area (Å²) >= 11 is 0. The quantitative estimate of drug-likeness (QED) is 0.773. The topological polar surface area (TPSA) is 21.3 Å². The van der Waals surface area contributed by atoms with Crippen molar-refractivity contribution in [1.82, 2.24) is 5.32 Å². The van der Waals surface area contributed by atoms with Crippen molar-refractivity contribution in [3.05, 3.63) is 29.8 Å². The Bertz CT molecular complexity index is 359. The van der Waals surface area contributed by atoms with Crippen LogP contribution >= 0.6 is 0 Å². The molecule has 1 N–H and O–H groups in total. The summed E-state index contributed by atoms with van der Waals surface area (Å²) in [4.78, 5) is 0. The SMILES string of the molecule is CC(NCCOc1c(F)cccc1F)C1CC1. The predicted octanol–water partition coefficient (Wildman–Crippen LogP) is 2.73. The van der Waals surface area contributed by atoms with Gasteiger partial charge in [0.25, 0.3) is 0 Å². The Morgan fingerprint density at radius 2 is 2.00 bits per heavy atom. The van der Waals surface area contributed by atoms with Gasteiger partial charge in [-0.2, -0.15) is 0 Å². The van der Waals surface area contributed by atoms with E-state index < -0.39 is 11.6 Å². The monoisotopic (exact) mass is 241 g/mol. The number of rotatable bonds is 6. The normalized spacial score (nSPS) is 16.9. The van der Waals surface area contributed by atoms with Crippen LogP contribution in [0.4, 0.5) is 8.78 Å². The standard InChI is InChI=1S/C13H17F2NO/c1-9(10-5-6-10)16-7-8-17-13-11(14)3-2-4-12(13)15/h2-4,9-10,16H,5-8H2,1H3. The van der Waals surface area contributed by atoms with E-state index in [1.54, 1.807) is 0 Å². The number of halogens is 2. The van der Waals surface area contributed by atoms with Crippen molar-refractivity contribution in [3.8, 4) is 5.75 Å². The average Bonchev–Trinajstić information content (AvgIpc) is 3.11. The minimum atomic E-state index is -0.653. The molecule has 0 aromatic heterocycles. The molecular formula is C13H17F2NO. The number of hydrogen-bond acceptors (Lipinski definition) is 2. The van der Waals surface area contributed by atoms with Gasteiger partial charge in [-0.05, 0) is 37.8 Å². The lowest BCUT2D eigenvalue weighted by atomic mass is 10.2. The van der Waals surface area contributed by atoms with Crippen molar-refractivity contribution in [2.24, 2.45) is 5.92 Å². The van der Waals surface area contributed by atoms with Crippen molar-refractivity contribution < 1.29 is 13.5 Å². The molecule has 2 nitrogen and oxygen atoms in total. The van der Waals surface area contributed by atoms with E-state index in [1.807, 2.05) is 0 Å². The van der Waals surface area contributed by atoms with E-state index in [4.69, 9.17) is 4.74 Å². The van der Waals surface area contributed by atoms with Crippen molar-refractivity contribution >= 4 is 0 Å². The van der Waals surface area contributed by atoms with Gasteiger partial charge in [0.05, 0.1) is 0 Å². The third kappa shape index (κ3) is 3.40. The summed E-state index contributed by atoms with van der Waals surface area (Å²) < 4.78 is 31.5. The first-order valence-corrected chi connectivity index (χ1v) is 5.98. The van der Waals surface area contributed by atoms with E-state index in [2.05, 4.69) is 12.2 Å². The van der Waals surface area contributed by atoms with Crippen molar-refractivity contribution in [2.45, 2.75) is 25.8 Å². The van der Waals surface area contributed by atoms with Crippen LogP contribution in [0.25, 0.3) is 0 Å². The Kier molecular flexibility index (Phi) is 3.94. The van der Waals surface area contributed by atoms with Gasteiger partial charge in [-0.15, -0.1) is 0 Å². The van der Waals surface area contributed by atoms with E-state index in [0.29, 0.717) is 12.6 Å². The zero-order valence-electron chi connectivity index (χ0n) is 9.88. The molecule has 0 aliphatic heterocycles. The van der Waals surface area contributed by atoms with Gasteiger partial charge in [-0.3, -0.25) is 0 Å². The molecule has 1 fully saturated rings. The van der Waals surface area contributed by atoms with Gasteiger partial charge in [0.2, 0.25) is 0 Å². The lowest BCUT2D eigenvalue weighted by Gasteiger charge is -2.13. The molecule has 0 spiro atoms. The Hall–Kier alpha value is -1.16. The minimum absolute atomic E-state index is 0.273. The Morgan fingerprint density at radius 1 is 1.35 bits per heavy atom. The lowest BCUT2D eigenvalue weighted by Crippen LogP contribution is -2.31. The molecule has 17 heavy (non-hydrogen) atoms. The van der Waals surface area contributed by atoms with Crippen LogP contribution in [0, 0.1) is 17.6 Å². The second kappa shape index (κ2) is 5.45. The zero-order chi connectivity index (χ0) is 12.3. The molecule has 0 saturated heterocycles. The second-order valence-electron chi connectivity index (χ2n) is 4.48. The van der Waals surface area contributed by atoms with Crippen LogP contribution < -0.4 is 10.1 Å². The molecule has 0 amide bonds. The molecule has 94 valence electrons. The van der Waals surface area contributed by atoms with E-state index in [9.17, 15) is 8.78 Å². The fraction of sp³-hybridized carbons (Fsp3) is 0.538. The summed E-state index contributed by atoms with van der Waals surface area (Å²) in [5.41, 5.74) is 0. The lowest BCUT2D eigenvalue weighted by molar-refractivity contribution is 0.275. The van der Waals surface area contributed by atoms with E-state index in [0.717, 1.165) is 5.92 Å². The molecular weight excluding hydrogens is 224 g/mol. The third-order valence-corrected chi connectivity index (χ3v) is 3.06. The molecule has 0 radical (unpaired) electrons. The van der Waals surface area contributed by atoms with Gasteiger partial charge < -0.3 is 10.1 Å². The van der Waals surface area contributed by atoms with Gasteiger partial charge in [-0.1, -0.05) is 6.07 Å². The molecule has 2 rings (SSSR count). The Labute approximate surface area is 100.0 Å². The van der Waals surface area contributed by atoms with E-state index >= 15 is 0 Å². The van der Waals surface area contributed by atoms with Crippen molar-refractivity contribution in [3.63, 3.8) is 0 Å². The first-order valence-electron chi connectivity index (χ1n) is 5.98. The molecule has 4 heteroatoms. The first-order chi connectivity index (χ1) is 8.18. The van der Waals surface area contributed by atoms with Gasteiger partial charge in [0, 0.05) is 12.6 Å². The molecule has 1 aromatic carbocycles. The average molecular weight is 241 g/mol. The van der Waals surface area contributed by atoms with Crippen LogP contribution in [0.3, 0.4) is 0 Å². The third-order valence-electron chi connectivity index (χ3n) is 3.06. The molecule has 1 saturated carbocycles. The number of nitrogens with one attached hydrogen (secondary N) is 1. The van der Waals surface area contributed by atoms with Gasteiger partial charge in [-0.25, -0.2) is 8.78 Å². The van der Waals surface area contributed by atoms with Gasteiger partial charge in [0.1, 0.15) is 6.61 Å². The van der Waals surface area contributed by atoms with Crippen molar-refractivity contribution in [2.75, 3.05) is 13.2 Å². The number of hydrogen-bond donors (Lipinski definition) is 1. The predicted molar refractivity (Wildman–Crippen MR) is 62.0 cm³/mol. The fourth-order valence-corrected chi connectivity index (χ4v) is 1.82. The van der Waals surface area contributed by atoms with E-state index in [-0.39, 0.29) is 12.4 Å². The molecule has 1 unspecified atom stereocenters. The summed E-state index contributed by atoms with van der Waals surface area (Å²) in [6.07, 6.45) is 2.55. The van der Waals surface area contributed by atoms with Crippen LogP contribution in [-0.4, -0.2) is 19.2 Å².